The average Bonchev–Trinajstić information content (AvgIpc) is 3.17. The molecule has 0 saturated heterocycles. The molecule has 0 amide bonds. The number of rotatable bonds is 5. The molecule has 4 rings (SSSR count). The number of Topliss-reactive ketones (excluding diaryl/α,β-unsaturated/α-hetero) is 1. The van der Waals surface area contributed by atoms with Crippen molar-refractivity contribution in [2.45, 2.75) is 76.9 Å². The van der Waals surface area contributed by atoms with E-state index in [-0.39, 0.29) is 40.7 Å². The fourth-order valence-corrected chi connectivity index (χ4v) is 7.93. The summed E-state index contributed by atoms with van der Waals surface area (Å²) in [4.78, 5) is 31.5. The maximum Gasteiger partial charge on any atom is 0.316 e. The van der Waals surface area contributed by atoms with Gasteiger partial charge < -0.3 is 9.84 Å². The van der Waals surface area contributed by atoms with Crippen LogP contribution in [0, 0.1) is 34.0 Å². The van der Waals surface area contributed by atoms with Gasteiger partial charge in [0.15, 0.2) is 0 Å². The van der Waals surface area contributed by atoms with Gasteiger partial charge in [-0.25, -0.2) is 0 Å². The lowest BCUT2D eigenvalue weighted by Gasteiger charge is -2.61. The zero-order chi connectivity index (χ0) is 24.0. The molecule has 33 heavy (non-hydrogen) atoms. The Hall–Kier alpha value is -1.66. The zero-order valence-corrected chi connectivity index (χ0v) is 21.1. The maximum absolute atomic E-state index is 13.4. The summed E-state index contributed by atoms with van der Waals surface area (Å²) >= 11 is 1.40. The number of aromatic nitrogens is 1. The minimum atomic E-state index is -0.646. The van der Waals surface area contributed by atoms with Crippen LogP contribution >= 0.6 is 11.8 Å². The summed E-state index contributed by atoms with van der Waals surface area (Å²) in [6, 6.07) is 3.76. The number of hydrogen-bond donors (Lipinski definition) is 1. The second kappa shape index (κ2) is 8.84. The average molecular weight is 472 g/mol. The molecule has 2 bridgehead atoms. The molecule has 1 heterocycles. The number of thioether (sulfide) groups is 1. The molecule has 1 aromatic heterocycles. The van der Waals surface area contributed by atoms with Crippen LogP contribution in [-0.4, -0.2) is 39.8 Å². The quantitative estimate of drug-likeness (QED) is 0.367. The molecular weight excluding hydrogens is 434 g/mol. The van der Waals surface area contributed by atoms with Crippen molar-refractivity contribution in [3.05, 3.63) is 37.2 Å². The van der Waals surface area contributed by atoms with Crippen molar-refractivity contribution in [1.29, 1.82) is 0 Å². The van der Waals surface area contributed by atoms with Gasteiger partial charge in [0.1, 0.15) is 11.9 Å². The number of carbonyl (C=O) groups is 2. The molecule has 3 fully saturated rings. The number of nitrogens with zero attached hydrogens (tertiary/aromatic N) is 1. The monoisotopic (exact) mass is 471 g/mol. The van der Waals surface area contributed by atoms with E-state index in [1.165, 1.54) is 11.8 Å². The van der Waals surface area contributed by atoms with Gasteiger partial charge in [-0.2, -0.15) is 0 Å². The standard InChI is InChI=1S/C27H37NO4S/c1-6-25(4)14-21(32-22(30)16-33-19-8-7-13-28-15-19)26(5)17(2)9-11-27(18(3)24(25)31)12-10-20(29)23(26)27/h6-8,13,15,17-18,21,23-24,31H,1,9-12,14,16H2,2-5H3/t17-,18+,21-,23?,24+,25-,26+,27+/m1/s1. The summed E-state index contributed by atoms with van der Waals surface area (Å²) in [5, 5.41) is 11.6. The summed E-state index contributed by atoms with van der Waals surface area (Å²) in [5.74, 6) is 0.172. The number of pyridine rings is 1. The first-order valence-corrected chi connectivity index (χ1v) is 13.1. The third-order valence-corrected chi connectivity index (χ3v) is 10.5. The Labute approximate surface area is 201 Å². The largest absolute Gasteiger partial charge is 0.461 e. The summed E-state index contributed by atoms with van der Waals surface area (Å²) in [7, 11) is 0. The Bertz CT molecular complexity index is 922. The molecule has 3 aliphatic carbocycles. The molecule has 3 saturated carbocycles. The normalized spacial score (nSPS) is 42.7. The molecule has 180 valence electrons. The minimum absolute atomic E-state index is 0.0263. The molecule has 1 aromatic rings. The predicted octanol–water partition coefficient (Wildman–Crippen LogP) is 5.08. The SMILES string of the molecule is C=C[C@]1(C)C[C@@H](OC(=O)CSc2cccnc2)[C@@]2(C)C3C(=O)CC[C@@]3(CC[C@H]2C)[C@@H](C)[C@@H]1O. The van der Waals surface area contributed by atoms with E-state index in [1.54, 1.807) is 12.4 Å². The van der Waals surface area contributed by atoms with Gasteiger partial charge in [-0.1, -0.05) is 33.8 Å². The van der Waals surface area contributed by atoms with E-state index in [0.717, 1.165) is 24.2 Å². The lowest BCUT2D eigenvalue weighted by molar-refractivity contribution is -0.205. The lowest BCUT2D eigenvalue weighted by Crippen LogP contribution is -2.63. The first-order chi connectivity index (χ1) is 15.6. The van der Waals surface area contributed by atoms with Crippen LogP contribution in [0.15, 0.2) is 42.1 Å². The molecule has 8 atom stereocenters. The minimum Gasteiger partial charge on any atom is -0.461 e. The van der Waals surface area contributed by atoms with Crippen LogP contribution in [0.1, 0.15) is 59.8 Å². The fourth-order valence-electron chi connectivity index (χ4n) is 7.27. The second-order valence-electron chi connectivity index (χ2n) is 11.0. The van der Waals surface area contributed by atoms with E-state index >= 15 is 0 Å². The van der Waals surface area contributed by atoms with Crippen molar-refractivity contribution in [2.24, 2.45) is 34.0 Å². The molecule has 0 aliphatic heterocycles. The third-order valence-electron chi connectivity index (χ3n) is 9.57. The van der Waals surface area contributed by atoms with Crippen molar-refractivity contribution in [3.63, 3.8) is 0 Å². The maximum atomic E-state index is 13.4. The molecule has 3 aliphatic rings. The molecule has 6 heteroatoms. The number of aliphatic hydroxyl groups excluding tert-OH is 1. The molecule has 5 nitrogen and oxygen atoms in total. The fraction of sp³-hybridized carbons (Fsp3) is 0.667. The van der Waals surface area contributed by atoms with Crippen LogP contribution in [0.3, 0.4) is 0 Å². The van der Waals surface area contributed by atoms with Crippen LogP contribution in [-0.2, 0) is 14.3 Å². The highest BCUT2D eigenvalue weighted by molar-refractivity contribution is 8.00. The van der Waals surface area contributed by atoms with Gasteiger partial charge in [0, 0.05) is 40.5 Å². The Balaban J connectivity index is 1.70. The molecular formula is C27H37NO4S. The summed E-state index contributed by atoms with van der Waals surface area (Å²) in [6.07, 6.45) is 7.88. The number of ketones is 1. The van der Waals surface area contributed by atoms with Gasteiger partial charge in [0.2, 0.25) is 0 Å². The molecule has 1 unspecified atom stereocenters. The van der Waals surface area contributed by atoms with Gasteiger partial charge >= 0.3 is 5.97 Å². The third kappa shape index (κ3) is 3.87. The van der Waals surface area contributed by atoms with Crippen molar-refractivity contribution >= 4 is 23.5 Å². The first kappa shape index (κ1) is 24.5. The number of hydrogen-bond acceptors (Lipinski definition) is 6. The van der Waals surface area contributed by atoms with E-state index in [4.69, 9.17) is 4.74 Å². The smallest absolute Gasteiger partial charge is 0.316 e. The highest BCUT2D eigenvalue weighted by Gasteiger charge is 2.68. The number of esters is 1. The van der Waals surface area contributed by atoms with Crippen LogP contribution < -0.4 is 0 Å². The summed E-state index contributed by atoms with van der Waals surface area (Å²) in [6.45, 7) is 12.6. The Morgan fingerprint density at radius 1 is 1.36 bits per heavy atom. The van der Waals surface area contributed by atoms with Crippen molar-refractivity contribution in [3.8, 4) is 0 Å². The van der Waals surface area contributed by atoms with Gasteiger partial charge in [-0.3, -0.25) is 14.6 Å². The van der Waals surface area contributed by atoms with Crippen LogP contribution in [0.25, 0.3) is 0 Å². The number of aliphatic hydroxyl groups is 1. The summed E-state index contributed by atoms with van der Waals surface area (Å²) in [5.41, 5.74) is -1.33. The Kier molecular flexibility index (Phi) is 6.56. The number of ether oxygens (including phenoxy) is 1. The van der Waals surface area contributed by atoms with Gasteiger partial charge in [-0.05, 0) is 55.1 Å². The highest BCUT2D eigenvalue weighted by Crippen LogP contribution is 2.68. The molecule has 1 N–H and O–H groups in total. The second-order valence-corrected chi connectivity index (χ2v) is 12.1. The van der Waals surface area contributed by atoms with E-state index in [9.17, 15) is 14.7 Å². The Morgan fingerprint density at radius 3 is 2.79 bits per heavy atom. The highest BCUT2D eigenvalue weighted by atomic mass is 32.2. The van der Waals surface area contributed by atoms with E-state index < -0.39 is 23.0 Å². The van der Waals surface area contributed by atoms with Crippen molar-refractivity contribution in [1.82, 2.24) is 4.98 Å². The van der Waals surface area contributed by atoms with E-state index in [0.29, 0.717) is 12.8 Å². The van der Waals surface area contributed by atoms with Gasteiger partial charge in [0.25, 0.3) is 0 Å². The molecule has 0 spiro atoms. The van der Waals surface area contributed by atoms with Crippen LogP contribution in [0.4, 0.5) is 0 Å². The number of carbonyl (C=O) groups excluding carboxylic acids is 2. The van der Waals surface area contributed by atoms with Crippen LogP contribution in [0.5, 0.6) is 0 Å². The topological polar surface area (TPSA) is 76.5 Å². The van der Waals surface area contributed by atoms with Gasteiger partial charge in [0.05, 0.1) is 11.9 Å². The summed E-state index contributed by atoms with van der Waals surface area (Å²) < 4.78 is 6.25. The Morgan fingerprint density at radius 2 is 2.12 bits per heavy atom. The first-order valence-electron chi connectivity index (χ1n) is 12.1. The van der Waals surface area contributed by atoms with E-state index in [1.807, 2.05) is 25.1 Å². The predicted molar refractivity (Wildman–Crippen MR) is 130 cm³/mol. The van der Waals surface area contributed by atoms with Gasteiger partial charge in [-0.15, -0.1) is 18.3 Å². The lowest BCUT2D eigenvalue weighted by atomic mass is 9.44. The zero-order valence-electron chi connectivity index (χ0n) is 20.3. The van der Waals surface area contributed by atoms with Crippen LogP contribution in [0.2, 0.25) is 0 Å². The molecule has 0 aromatic carbocycles. The molecule has 0 radical (unpaired) electrons. The van der Waals surface area contributed by atoms with Crippen molar-refractivity contribution in [2.75, 3.05) is 5.75 Å². The van der Waals surface area contributed by atoms with E-state index in [2.05, 4.69) is 32.3 Å². The van der Waals surface area contributed by atoms with Crippen molar-refractivity contribution < 1.29 is 19.4 Å².